The lowest BCUT2D eigenvalue weighted by Crippen LogP contribution is -2.40. The van der Waals surface area contributed by atoms with Crippen LogP contribution in [0.25, 0.3) is 0 Å². The van der Waals surface area contributed by atoms with Gasteiger partial charge in [0.15, 0.2) is 0 Å². The average Bonchev–Trinajstić information content (AvgIpc) is 2.36. The maximum absolute atomic E-state index is 11.8. The van der Waals surface area contributed by atoms with Crippen molar-refractivity contribution in [1.29, 1.82) is 0 Å². The first-order chi connectivity index (χ1) is 9.13. The van der Waals surface area contributed by atoms with Crippen LogP contribution in [0.4, 0.5) is 16.2 Å². The van der Waals surface area contributed by atoms with Gasteiger partial charge in [0.25, 0.3) is 0 Å². The van der Waals surface area contributed by atoms with Crippen LogP contribution in [0, 0.1) is 5.92 Å². The highest BCUT2D eigenvalue weighted by Crippen LogP contribution is 2.14. The molecule has 0 saturated carbocycles. The summed E-state index contributed by atoms with van der Waals surface area (Å²) in [6.45, 7) is 2.93. The zero-order chi connectivity index (χ0) is 13.7. The van der Waals surface area contributed by atoms with Gasteiger partial charge in [-0.25, -0.2) is 4.79 Å². The van der Waals surface area contributed by atoms with Crippen LogP contribution in [0.3, 0.4) is 0 Å². The molecule has 1 aromatic carbocycles. The summed E-state index contributed by atoms with van der Waals surface area (Å²) >= 11 is 0. The van der Waals surface area contributed by atoms with Gasteiger partial charge in [-0.1, -0.05) is 6.07 Å². The van der Waals surface area contributed by atoms with Gasteiger partial charge in [-0.15, -0.1) is 0 Å². The Labute approximate surface area is 114 Å². The third kappa shape index (κ3) is 4.44. The summed E-state index contributed by atoms with van der Waals surface area (Å²) in [5.41, 5.74) is 7.03. The summed E-state index contributed by atoms with van der Waals surface area (Å²) in [4.78, 5) is 14.1. The van der Waals surface area contributed by atoms with Crippen molar-refractivity contribution in [2.75, 3.05) is 37.7 Å². The van der Waals surface area contributed by atoms with Crippen molar-refractivity contribution in [3.8, 4) is 0 Å². The lowest BCUT2D eigenvalue weighted by Gasteiger charge is -2.29. The molecule has 2 rings (SSSR count). The lowest BCUT2D eigenvalue weighted by atomic mass is 9.99. The molecule has 1 saturated heterocycles. The molecule has 0 aliphatic carbocycles. The quantitative estimate of drug-likeness (QED) is 0.727. The highest BCUT2D eigenvalue weighted by molar-refractivity contribution is 5.89. The van der Waals surface area contributed by atoms with E-state index in [0.29, 0.717) is 11.6 Å². The minimum atomic E-state index is -0.168. The second-order valence-electron chi connectivity index (χ2n) is 5.23. The summed E-state index contributed by atoms with van der Waals surface area (Å²) in [5, 5.41) is 5.71. The van der Waals surface area contributed by atoms with E-state index in [4.69, 9.17) is 5.73 Å². The van der Waals surface area contributed by atoms with Crippen molar-refractivity contribution < 1.29 is 4.79 Å². The first-order valence-corrected chi connectivity index (χ1v) is 6.72. The van der Waals surface area contributed by atoms with Crippen molar-refractivity contribution in [2.45, 2.75) is 12.8 Å². The molecule has 1 aliphatic rings. The number of piperidine rings is 1. The molecule has 1 aromatic rings. The van der Waals surface area contributed by atoms with Gasteiger partial charge in [0.2, 0.25) is 0 Å². The Morgan fingerprint density at radius 1 is 1.53 bits per heavy atom. The van der Waals surface area contributed by atoms with Crippen LogP contribution in [0.5, 0.6) is 0 Å². The zero-order valence-electron chi connectivity index (χ0n) is 11.4. The van der Waals surface area contributed by atoms with Crippen LogP contribution in [-0.2, 0) is 0 Å². The minimum absolute atomic E-state index is 0.168. The molecular weight excluding hydrogens is 240 g/mol. The monoisotopic (exact) mass is 262 g/mol. The van der Waals surface area contributed by atoms with Crippen LogP contribution >= 0.6 is 0 Å². The third-order valence-electron chi connectivity index (χ3n) is 3.42. The van der Waals surface area contributed by atoms with Crippen LogP contribution in [0.1, 0.15) is 12.8 Å². The van der Waals surface area contributed by atoms with E-state index in [1.807, 2.05) is 12.1 Å². The van der Waals surface area contributed by atoms with Gasteiger partial charge < -0.3 is 21.3 Å². The molecule has 0 aromatic heterocycles. The standard InChI is InChI=1S/C14H22N4O/c1-18-7-3-4-11(10-18)9-16-14(19)17-13-6-2-5-12(15)8-13/h2,5-6,8,11H,3-4,7,9-10,15H2,1H3,(H2,16,17,19). The highest BCUT2D eigenvalue weighted by atomic mass is 16.2. The van der Waals surface area contributed by atoms with Gasteiger partial charge in [0.05, 0.1) is 0 Å². The Hall–Kier alpha value is -1.75. The van der Waals surface area contributed by atoms with E-state index in [2.05, 4.69) is 22.6 Å². The molecule has 0 bridgehead atoms. The van der Waals surface area contributed by atoms with Crippen molar-refractivity contribution >= 4 is 17.4 Å². The van der Waals surface area contributed by atoms with E-state index in [1.165, 1.54) is 12.8 Å². The molecule has 0 spiro atoms. The highest BCUT2D eigenvalue weighted by Gasteiger charge is 2.17. The molecule has 1 aliphatic heterocycles. The van der Waals surface area contributed by atoms with Gasteiger partial charge in [0.1, 0.15) is 0 Å². The number of amides is 2. The maximum Gasteiger partial charge on any atom is 0.319 e. The number of nitrogen functional groups attached to an aromatic ring is 1. The fourth-order valence-electron chi connectivity index (χ4n) is 2.47. The Morgan fingerprint density at radius 2 is 2.37 bits per heavy atom. The van der Waals surface area contributed by atoms with Crippen LogP contribution in [0.15, 0.2) is 24.3 Å². The number of hydrogen-bond acceptors (Lipinski definition) is 3. The topological polar surface area (TPSA) is 70.4 Å². The van der Waals surface area contributed by atoms with E-state index in [-0.39, 0.29) is 6.03 Å². The smallest absolute Gasteiger partial charge is 0.319 e. The fraction of sp³-hybridized carbons (Fsp3) is 0.500. The van der Waals surface area contributed by atoms with Crippen LogP contribution < -0.4 is 16.4 Å². The number of nitrogens with zero attached hydrogens (tertiary/aromatic N) is 1. The summed E-state index contributed by atoms with van der Waals surface area (Å²) in [7, 11) is 2.12. The number of nitrogens with one attached hydrogen (secondary N) is 2. The van der Waals surface area contributed by atoms with E-state index < -0.39 is 0 Å². The molecule has 5 heteroatoms. The summed E-state index contributed by atoms with van der Waals surface area (Å²) < 4.78 is 0. The molecule has 0 radical (unpaired) electrons. The number of carbonyl (C=O) groups is 1. The van der Waals surface area contributed by atoms with E-state index in [1.54, 1.807) is 12.1 Å². The predicted molar refractivity (Wildman–Crippen MR) is 78.1 cm³/mol. The van der Waals surface area contributed by atoms with Crippen molar-refractivity contribution in [2.24, 2.45) is 5.92 Å². The minimum Gasteiger partial charge on any atom is -0.399 e. The van der Waals surface area contributed by atoms with Crippen LogP contribution in [0.2, 0.25) is 0 Å². The predicted octanol–water partition coefficient (Wildman–Crippen LogP) is 1.73. The average molecular weight is 262 g/mol. The van der Waals surface area contributed by atoms with Crippen LogP contribution in [-0.4, -0.2) is 37.6 Å². The Kier molecular flexibility index (Phi) is 4.63. The lowest BCUT2D eigenvalue weighted by molar-refractivity contribution is 0.204. The van der Waals surface area contributed by atoms with E-state index in [0.717, 1.165) is 25.3 Å². The summed E-state index contributed by atoms with van der Waals surface area (Å²) in [6.07, 6.45) is 2.39. The molecule has 19 heavy (non-hydrogen) atoms. The second-order valence-corrected chi connectivity index (χ2v) is 5.23. The van der Waals surface area contributed by atoms with Gasteiger partial charge in [-0.2, -0.15) is 0 Å². The number of carbonyl (C=O) groups excluding carboxylic acids is 1. The van der Waals surface area contributed by atoms with Gasteiger partial charge in [-0.3, -0.25) is 0 Å². The molecule has 1 unspecified atom stereocenters. The molecule has 104 valence electrons. The molecule has 2 amide bonds. The number of rotatable bonds is 3. The number of anilines is 2. The number of likely N-dealkylation sites (tertiary alicyclic amines) is 1. The molecule has 1 heterocycles. The van der Waals surface area contributed by atoms with Crippen molar-refractivity contribution in [1.82, 2.24) is 10.2 Å². The van der Waals surface area contributed by atoms with E-state index >= 15 is 0 Å². The summed E-state index contributed by atoms with van der Waals surface area (Å²) in [5.74, 6) is 0.547. The van der Waals surface area contributed by atoms with Gasteiger partial charge in [-0.05, 0) is 50.6 Å². The van der Waals surface area contributed by atoms with Gasteiger partial charge >= 0.3 is 6.03 Å². The molecule has 1 atom stereocenters. The number of benzene rings is 1. The Bertz CT molecular complexity index is 435. The first kappa shape index (κ1) is 13.7. The maximum atomic E-state index is 11.8. The third-order valence-corrected chi connectivity index (χ3v) is 3.42. The van der Waals surface area contributed by atoms with Crippen molar-refractivity contribution in [3.63, 3.8) is 0 Å². The SMILES string of the molecule is CN1CCCC(CNC(=O)Nc2cccc(N)c2)C1. The number of urea groups is 1. The second kappa shape index (κ2) is 6.43. The molecule has 1 fully saturated rings. The summed E-state index contributed by atoms with van der Waals surface area (Å²) in [6, 6.07) is 7.01. The number of hydrogen-bond donors (Lipinski definition) is 3. The van der Waals surface area contributed by atoms with Crippen molar-refractivity contribution in [3.05, 3.63) is 24.3 Å². The normalized spacial score (nSPS) is 19.9. The van der Waals surface area contributed by atoms with E-state index in [9.17, 15) is 4.79 Å². The Morgan fingerprint density at radius 3 is 3.11 bits per heavy atom. The largest absolute Gasteiger partial charge is 0.399 e. The van der Waals surface area contributed by atoms with Gasteiger partial charge in [0, 0.05) is 24.5 Å². The molecule has 4 N–H and O–H groups in total. The molecule has 5 nitrogen and oxygen atoms in total. The fourth-order valence-corrected chi connectivity index (χ4v) is 2.47. The zero-order valence-corrected chi connectivity index (χ0v) is 11.4. The molecular formula is C14H22N4O. The number of nitrogens with two attached hydrogens (primary N) is 1. The Balaban J connectivity index is 1.75. The first-order valence-electron chi connectivity index (χ1n) is 6.72.